The molecular formula is C23H24N4O3. The molecule has 7 heteroatoms. The topological polar surface area (TPSA) is 81.6 Å². The maximum Gasteiger partial charge on any atom is 0.424 e. The van der Waals surface area contributed by atoms with Gasteiger partial charge in [-0.25, -0.2) is 19.3 Å². The second-order valence-corrected chi connectivity index (χ2v) is 6.99. The summed E-state index contributed by atoms with van der Waals surface area (Å²) in [5, 5.41) is 3.40. The lowest BCUT2D eigenvalue weighted by Crippen LogP contribution is -2.22. The zero-order valence-corrected chi connectivity index (χ0v) is 16.9. The highest BCUT2D eigenvalue weighted by Crippen LogP contribution is 2.20. The summed E-state index contributed by atoms with van der Waals surface area (Å²) in [5.41, 5.74) is 3.07. The number of methoxy groups -OCH3 is 1. The van der Waals surface area contributed by atoms with Crippen LogP contribution in [0.15, 0.2) is 75.1 Å². The Labute approximate surface area is 174 Å². The van der Waals surface area contributed by atoms with Crippen LogP contribution in [0.2, 0.25) is 0 Å². The third-order valence-electron chi connectivity index (χ3n) is 4.86. The molecule has 0 radical (unpaired) electrons. The van der Waals surface area contributed by atoms with Gasteiger partial charge >= 0.3 is 5.76 Å². The number of nitrogens with zero attached hydrogens (tertiary/aromatic N) is 3. The van der Waals surface area contributed by atoms with Crippen LogP contribution in [-0.4, -0.2) is 29.0 Å². The van der Waals surface area contributed by atoms with Crippen molar-refractivity contribution < 1.29 is 9.15 Å². The minimum Gasteiger partial charge on any atom is -0.481 e. The summed E-state index contributed by atoms with van der Waals surface area (Å²) in [6.07, 6.45) is 7.72. The maximum atomic E-state index is 12.1. The molecule has 30 heavy (non-hydrogen) atoms. The van der Waals surface area contributed by atoms with Crippen molar-refractivity contribution >= 4 is 5.84 Å². The van der Waals surface area contributed by atoms with Crippen molar-refractivity contribution in [1.29, 1.82) is 0 Å². The van der Waals surface area contributed by atoms with E-state index in [0.29, 0.717) is 31.2 Å². The van der Waals surface area contributed by atoms with E-state index in [1.807, 2.05) is 36.4 Å². The Bertz CT molecular complexity index is 1130. The highest BCUT2D eigenvalue weighted by Gasteiger charge is 2.12. The van der Waals surface area contributed by atoms with E-state index in [1.54, 1.807) is 19.5 Å². The minimum absolute atomic E-state index is 0.377. The van der Waals surface area contributed by atoms with Crippen molar-refractivity contribution in [3.8, 4) is 17.1 Å². The van der Waals surface area contributed by atoms with E-state index in [4.69, 9.17) is 9.15 Å². The van der Waals surface area contributed by atoms with Crippen LogP contribution in [0.4, 0.5) is 0 Å². The smallest absolute Gasteiger partial charge is 0.424 e. The van der Waals surface area contributed by atoms with Gasteiger partial charge in [0.1, 0.15) is 11.6 Å². The monoisotopic (exact) mass is 404 g/mol. The molecule has 2 aromatic heterocycles. The second kappa shape index (κ2) is 9.37. The first kappa shape index (κ1) is 19.8. The summed E-state index contributed by atoms with van der Waals surface area (Å²) >= 11 is 0. The number of ether oxygens (including phenoxy) is 1. The number of aromatic nitrogens is 2. The zero-order valence-electron chi connectivity index (χ0n) is 16.9. The van der Waals surface area contributed by atoms with Gasteiger partial charge in [0.25, 0.3) is 0 Å². The largest absolute Gasteiger partial charge is 0.481 e. The van der Waals surface area contributed by atoms with Gasteiger partial charge in [0.2, 0.25) is 5.88 Å². The van der Waals surface area contributed by atoms with Gasteiger partial charge in [0.15, 0.2) is 0 Å². The van der Waals surface area contributed by atoms with Crippen LogP contribution in [0, 0.1) is 0 Å². The zero-order chi connectivity index (χ0) is 20.8. The first-order valence-electron chi connectivity index (χ1n) is 9.97. The number of allylic oxidation sites excluding steroid dienone is 1. The van der Waals surface area contributed by atoms with Crippen molar-refractivity contribution in [1.82, 2.24) is 14.9 Å². The van der Waals surface area contributed by atoms with Crippen LogP contribution in [-0.2, 0) is 13.0 Å². The van der Waals surface area contributed by atoms with E-state index >= 15 is 0 Å². The van der Waals surface area contributed by atoms with Crippen molar-refractivity contribution in [2.75, 3.05) is 13.7 Å². The van der Waals surface area contributed by atoms with E-state index in [1.165, 1.54) is 4.57 Å². The van der Waals surface area contributed by atoms with Gasteiger partial charge in [-0.1, -0.05) is 30.3 Å². The van der Waals surface area contributed by atoms with Gasteiger partial charge in [-0.05, 0) is 24.1 Å². The first-order chi connectivity index (χ1) is 14.7. The van der Waals surface area contributed by atoms with E-state index in [0.717, 1.165) is 35.5 Å². The Balaban J connectivity index is 1.33. The number of aliphatic imine (C=N–C) groups is 1. The number of nitrogens with one attached hydrogen (secondary N) is 1. The van der Waals surface area contributed by atoms with Crippen molar-refractivity contribution in [2.45, 2.75) is 25.8 Å². The lowest BCUT2D eigenvalue weighted by atomic mass is 10.1. The van der Waals surface area contributed by atoms with Crippen molar-refractivity contribution in [3.05, 3.63) is 82.8 Å². The number of benzene rings is 1. The quantitative estimate of drug-likeness (QED) is 0.611. The molecule has 0 saturated heterocycles. The van der Waals surface area contributed by atoms with Gasteiger partial charge < -0.3 is 14.5 Å². The highest BCUT2D eigenvalue weighted by molar-refractivity contribution is 5.85. The number of rotatable bonds is 7. The third-order valence-corrected chi connectivity index (χ3v) is 4.86. The Morgan fingerprint density at radius 1 is 1.23 bits per heavy atom. The lowest BCUT2D eigenvalue weighted by molar-refractivity contribution is 0.398. The Hall–Kier alpha value is -3.45. The Kier molecular flexibility index (Phi) is 6.20. The van der Waals surface area contributed by atoms with Gasteiger partial charge in [-0.2, -0.15) is 0 Å². The molecule has 1 aromatic carbocycles. The molecule has 3 aromatic rings. The van der Waals surface area contributed by atoms with Crippen LogP contribution in [0.5, 0.6) is 5.88 Å². The fourth-order valence-corrected chi connectivity index (χ4v) is 3.33. The number of oxazole rings is 1. The van der Waals surface area contributed by atoms with E-state index in [-0.39, 0.29) is 5.76 Å². The van der Waals surface area contributed by atoms with Crippen molar-refractivity contribution in [3.63, 3.8) is 0 Å². The normalized spacial score (nSPS) is 13.3. The molecule has 0 spiro atoms. The summed E-state index contributed by atoms with van der Waals surface area (Å²) in [7, 11) is 1.61. The molecule has 0 aliphatic carbocycles. The molecule has 0 amide bonds. The van der Waals surface area contributed by atoms with E-state index in [9.17, 15) is 4.79 Å². The summed E-state index contributed by atoms with van der Waals surface area (Å²) in [6, 6.07) is 14.0. The highest BCUT2D eigenvalue weighted by atomic mass is 16.5. The van der Waals surface area contributed by atoms with Crippen LogP contribution in [0.3, 0.4) is 0 Å². The Morgan fingerprint density at radius 3 is 2.97 bits per heavy atom. The van der Waals surface area contributed by atoms with Gasteiger partial charge in [-0.15, -0.1) is 0 Å². The molecule has 0 unspecified atom stereocenters. The average Bonchev–Trinajstić information content (AvgIpc) is 3.18. The van der Waals surface area contributed by atoms with Crippen LogP contribution in [0.1, 0.15) is 24.2 Å². The molecule has 1 aliphatic rings. The van der Waals surface area contributed by atoms with E-state index in [2.05, 4.69) is 27.4 Å². The molecule has 0 saturated carbocycles. The fourth-order valence-electron chi connectivity index (χ4n) is 3.33. The predicted octanol–water partition coefficient (Wildman–Crippen LogP) is 3.40. The molecule has 7 nitrogen and oxygen atoms in total. The van der Waals surface area contributed by atoms with E-state index < -0.39 is 0 Å². The van der Waals surface area contributed by atoms with Crippen molar-refractivity contribution in [2.24, 2.45) is 4.99 Å². The molecule has 3 heterocycles. The second-order valence-electron chi connectivity index (χ2n) is 6.99. The first-order valence-corrected chi connectivity index (χ1v) is 9.97. The molecule has 154 valence electrons. The number of hydrogen-bond acceptors (Lipinski definition) is 6. The molecule has 4 rings (SSSR count). The molecule has 0 atom stereocenters. The summed E-state index contributed by atoms with van der Waals surface area (Å²) in [5.74, 6) is 1.60. The van der Waals surface area contributed by atoms with Gasteiger partial charge in [-0.3, -0.25) is 0 Å². The Morgan fingerprint density at radius 2 is 2.13 bits per heavy atom. The lowest BCUT2D eigenvalue weighted by Gasteiger charge is -2.07. The standard InChI is InChI=1S/C23H24N4O3/c1-29-22-10-5-8-20(26-22)18-7-4-6-17(14-18)15-24-13-11-19-16-27(23(28)30-19)21-9-2-3-12-25-21/h3-8,10,12,14,16,24H,2,9,11,13,15H2,1H3. The third kappa shape index (κ3) is 4.75. The summed E-state index contributed by atoms with van der Waals surface area (Å²) in [6.45, 7) is 1.40. The molecule has 1 aliphatic heterocycles. The number of pyridine rings is 1. The predicted molar refractivity (Wildman–Crippen MR) is 116 cm³/mol. The van der Waals surface area contributed by atoms with Crippen LogP contribution in [0.25, 0.3) is 11.3 Å². The van der Waals surface area contributed by atoms with Gasteiger partial charge in [0.05, 0.1) is 19.0 Å². The molecule has 0 fully saturated rings. The maximum absolute atomic E-state index is 12.1. The minimum atomic E-state index is -0.377. The SMILES string of the molecule is COc1cccc(-c2cccc(CNCCc3cn(C4=NC=CCC4)c(=O)o3)c2)n1. The number of hydrogen-bond donors (Lipinski definition) is 1. The summed E-state index contributed by atoms with van der Waals surface area (Å²) in [4.78, 5) is 20.8. The van der Waals surface area contributed by atoms with Gasteiger partial charge in [0, 0.05) is 43.8 Å². The molecular weight excluding hydrogens is 380 g/mol. The average molecular weight is 404 g/mol. The molecule has 1 N–H and O–H groups in total. The van der Waals surface area contributed by atoms with Crippen LogP contribution >= 0.6 is 0 Å². The van der Waals surface area contributed by atoms with Crippen LogP contribution < -0.4 is 15.8 Å². The molecule has 0 bridgehead atoms. The summed E-state index contributed by atoms with van der Waals surface area (Å²) < 4.78 is 12.1. The fraction of sp³-hybridized carbons (Fsp3) is 0.261.